The van der Waals surface area contributed by atoms with Crippen LogP contribution < -0.4 is 20.8 Å². The number of carbonyl (C=O) groups excluding carboxylic acids is 4. The number of ether oxygens (including phenoxy) is 8. The summed E-state index contributed by atoms with van der Waals surface area (Å²) in [6, 6.07) is -3.72. The molecule has 20 unspecified atom stereocenters. The normalized spacial score (nSPS) is 40.8. The van der Waals surface area contributed by atoms with Gasteiger partial charge >= 0.3 is 0 Å². The molecule has 9 N–H and O–H groups in total. The van der Waals surface area contributed by atoms with Gasteiger partial charge in [0.2, 0.25) is 32.6 Å². The monoisotopic (exact) mass is 972 g/mol. The molecule has 4 aliphatic rings. The fourth-order valence-corrected chi connectivity index (χ4v) is 7.44. The second-order valence-corrected chi connectivity index (χ2v) is 16.4. The predicted octanol–water partition coefficient (Wildman–Crippen LogP) is -11.8. The Morgan fingerprint density at radius 1 is 0.578 bits per heavy atom. The average Bonchev–Trinajstić information content (AvgIpc) is 3.18. The van der Waals surface area contributed by atoms with Crippen molar-refractivity contribution < 1.29 is 137 Å². The van der Waals surface area contributed by atoms with Crippen LogP contribution in [0.4, 0.5) is 0 Å². The van der Waals surface area contributed by atoms with E-state index >= 15 is 0 Å². The van der Waals surface area contributed by atoms with Crippen molar-refractivity contribution in [1.82, 2.24) is 10.6 Å². The average molecular weight is 973 g/mol. The molecule has 0 radical (unpaired) electrons. The maximum atomic E-state index is 12.6. The Balaban J connectivity index is 1.70. The summed E-state index contributed by atoms with van der Waals surface area (Å²) in [5, 5.41) is 105. The number of aliphatic hydroxyl groups is 7. The quantitative estimate of drug-likeness (QED) is 0.0330. The zero-order valence-electron chi connectivity index (χ0n) is 32.9. The van der Waals surface area contributed by atoms with E-state index < -0.39 is 180 Å². The molecule has 0 aromatic rings. The van der Waals surface area contributed by atoms with Gasteiger partial charge in [-0.3, -0.25) is 18.0 Å². The Bertz CT molecular complexity index is 1880. The fraction of sp³-hybridized carbons (Fsp3) is 0.806. The number of carboxylic acid groups (broad SMARTS) is 2. The zero-order valence-corrected chi connectivity index (χ0v) is 34.5. The number of carbonyl (C=O) groups is 4. The van der Waals surface area contributed by atoms with Gasteiger partial charge in [0.1, 0.15) is 97.5 Å². The number of carboxylic acids is 2. The van der Waals surface area contributed by atoms with E-state index in [9.17, 15) is 91.1 Å². The highest BCUT2D eigenvalue weighted by Gasteiger charge is 2.56. The largest absolute Gasteiger partial charge is 0.726 e. The van der Waals surface area contributed by atoms with Crippen LogP contribution in [0.25, 0.3) is 0 Å². The van der Waals surface area contributed by atoms with Crippen molar-refractivity contribution in [3.63, 3.8) is 0 Å². The van der Waals surface area contributed by atoms with E-state index in [4.69, 9.17) is 37.9 Å². The third-order valence-electron chi connectivity index (χ3n) is 9.67. The molecule has 20 atom stereocenters. The lowest BCUT2D eigenvalue weighted by Crippen LogP contribution is -2.71. The van der Waals surface area contributed by atoms with Crippen LogP contribution in [-0.4, -0.2) is 228 Å². The lowest BCUT2D eigenvalue weighted by Gasteiger charge is -2.50. The van der Waals surface area contributed by atoms with Crippen molar-refractivity contribution in [1.29, 1.82) is 0 Å². The van der Waals surface area contributed by atoms with Crippen LogP contribution in [-0.2, 0) is 86.2 Å². The smallest absolute Gasteiger partial charge is 0.217 e. The number of nitrogens with one attached hydrogen (secondary N) is 2. The zero-order chi connectivity index (χ0) is 48.2. The molecule has 0 aromatic carbocycles. The molecule has 31 nitrogen and oxygen atoms in total. The Hall–Kier alpha value is -3.24. The summed E-state index contributed by atoms with van der Waals surface area (Å²) >= 11 is 0. The molecule has 64 heavy (non-hydrogen) atoms. The minimum Gasteiger partial charge on any atom is -0.726 e. The number of amides is 2. The second-order valence-electron chi connectivity index (χ2n) is 14.3. The molecule has 368 valence electrons. The van der Waals surface area contributed by atoms with Crippen LogP contribution in [0, 0.1) is 0 Å². The summed E-state index contributed by atoms with van der Waals surface area (Å²) in [5.74, 6) is -6.31. The van der Waals surface area contributed by atoms with Crippen molar-refractivity contribution in [3.8, 4) is 0 Å². The van der Waals surface area contributed by atoms with Crippen LogP contribution >= 0.6 is 0 Å². The lowest BCUT2D eigenvalue weighted by atomic mass is 9.94. The van der Waals surface area contributed by atoms with Crippen molar-refractivity contribution in [2.45, 2.75) is 137 Å². The molecule has 0 aromatic heterocycles. The van der Waals surface area contributed by atoms with Gasteiger partial charge in [-0.05, 0) is 0 Å². The van der Waals surface area contributed by atoms with Crippen LogP contribution in [0.1, 0.15) is 13.8 Å². The van der Waals surface area contributed by atoms with Crippen LogP contribution in [0.15, 0.2) is 12.7 Å². The highest BCUT2D eigenvalue weighted by molar-refractivity contribution is 7.81. The van der Waals surface area contributed by atoms with E-state index in [-0.39, 0.29) is 6.61 Å². The highest BCUT2D eigenvalue weighted by Crippen LogP contribution is 2.35. The van der Waals surface area contributed by atoms with Gasteiger partial charge in [0, 0.05) is 13.8 Å². The van der Waals surface area contributed by atoms with Crippen LogP contribution in [0.2, 0.25) is 0 Å². The molecule has 4 fully saturated rings. The molecule has 0 bridgehead atoms. The lowest BCUT2D eigenvalue weighted by molar-refractivity contribution is -0.386. The fourth-order valence-electron chi connectivity index (χ4n) is 6.84. The molecule has 4 saturated heterocycles. The van der Waals surface area contributed by atoms with E-state index in [1.807, 2.05) is 0 Å². The summed E-state index contributed by atoms with van der Waals surface area (Å²) < 4.78 is 120. The molecular weight excluding hydrogens is 928 g/mol. The molecule has 4 rings (SSSR count). The van der Waals surface area contributed by atoms with E-state index in [2.05, 4.69) is 25.6 Å². The number of aliphatic carboxylic acids is 2. The molecule has 33 heteroatoms. The standard InChI is InChI=1S/C31H48N2O29S2/c1-4-5-53-28-12(32-8(2)34)21(14(36)10(56-28)6-54-63(47,48)49)58-31-20(42)18(40)23(25(62-31)27(45)46)60-29-13(33-9(3)35)22(15(37)11(57-29)7-55-64(50,51)52)59-30-19(41)16(38)17(39)24(61-30)26(43)44/h4,10-25,28-31,36-42H,1,5-7H2,2-3H3,(H,32,34)(H,33,35)(H,43,44)(H,45,46)(H,47,48,49)(H,50,51,52)/p-4. The van der Waals surface area contributed by atoms with Gasteiger partial charge in [0.25, 0.3) is 0 Å². The third-order valence-corrected chi connectivity index (χ3v) is 10.5. The van der Waals surface area contributed by atoms with Crippen molar-refractivity contribution >= 4 is 44.6 Å². The van der Waals surface area contributed by atoms with E-state index in [1.165, 1.54) is 6.08 Å². The first-order valence-corrected chi connectivity index (χ1v) is 21.1. The first kappa shape index (κ1) is 53.4. The topological polar surface area (TPSA) is 487 Å². The Morgan fingerprint density at radius 2 is 0.984 bits per heavy atom. The molecule has 0 aliphatic carbocycles. The van der Waals surface area contributed by atoms with Gasteiger partial charge in [-0.15, -0.1) is 6.58 Å². The minimum absolute atomic E-state index is 0.338. The third kappa shape index (κ3) is 13.4. The maximum absolute atomic E-state index is 12.6. The first-order chi connectivity index (χ1) is 29.6. The number of hydrogen-bond donors (Lipinski definition) is 9. The van der Waals surface area contributed by atoms with Crippen LogP contribution in [0.3, 0.4) is 0 Å². The van der Waals surface area contributed by atoms with E-state index in [1.54, 1.807) is 0 Å². The molecule has 2 amide bonds. The molecular formula is C31H44N2O29S2-4. The summed E-state index contributed by atoms with van der Waals surface area (Å²) in [7, 11) is -11.0. The number of hydrogen-bond acceptors (Lipinski definition) is 29. The summed E-state index contributed by atoms with van der Waals surface area (Å²) in [6.07, 6.45) is -40.0. The summed E-state index contributed by atoms with van der Waals surface area (Å²) in [4.78, 5) is 48.9. The SMILES string of the molecule is C=CCOC1OC(COS(=O)(=O)[O-])C(O)C(OC2OC(C(=O)[O-])C(OC3OC(COS(=O)(=O)[O-])C(O)C(OC4OC(C(=O)[O-])C(O)C(O)C4O)C3NC(C)=O)C(O)C2O)C1NC(C)=O. The first-order valence-electron chi connectivity index (χ1n) is 18.4. The van der Waals surface area contributed by atoms with Gasteiger partial charge in [0.15, 0.2) is 25.2 Å². The maximum Gasteiger partial charge on any atom is 0.217 e. The van der Waals surface area contributed by atoms with Crippen molar-refractivity contribution in [3.05, 3.63) is 12.7 Å². The Morgan fingerprint density at radius 3 is 1.41 bits per heavy atom. The van der Waals surface area contributed by atoms with E-state index in [0.29, 0.717) is 0 Å². The Kier molecular flexibility index (Phi) is 18.4. The molecule has 0 spiro atoms. The van der Waals surface area contributed by atoms with Gasteiger partial charge < -0.3 is 113 Å². The molecule has 0 saturated carbocycles. The van der Waals surface area contributed by atoms with Crippen LogP contribution in [0.5, 0.6) is 0 Å². The van der Waals surface area contributed by atoms with E-state index in [0.717, 1.165) is 13.8 Å². The Labute approximate surface area is 361 Å². The number of aliphatic hydroxyl groups excluding tert-OH is 7. The minimum atomic E-state index is -5.59. The van der Waals surface area contributed by atoms with Crippen molar-refractivity contribution in [2.24, 2.45) is 0 Å². The number of rotatable bonds is 19. The van der Waals surface area contributed by atoms with Gasteiger partial charge in [-0.2, -0.15) is 0 Å². The van der Waals surface area contributed by atoms with Gasteiger partial charge in [0.05, 0.1) is 31.8 Å². The van der Waals surface area contributed by atoms with Crippen molar-refractivity contribution in [2.75, 3.05) is 19.8 Å². The van der Waals surface area contributed by atoms with Gasteiger partial charge in [-0.25, -0.2) is 16.8 Å². The predicted molar refractivity (Wildman–Crippen MR) is 184 cm³/mol. The highest BCUT2D eigenvalue weighted by atomic mass is 32.3. The summed E-state index contributed by atoms with van der Waals surface area (Å²) in [5.41, 5.74) is 0. The van der Waals surface area contributed by atoms with Gasteiger partial charge in [-0.1, -0.05) is 6.08 Å². The molecule has 4 heterocycles. The second kappa shape index (κ2) is 22.0. The summed E-state index contributed by atoms with van der Waals surface area (Å²) in [6.45, 7) is 2.30. The molecule has 4 aliphatic heterocycles.